The molecule has 0 aromatic carbocycles. The van der Waals surface area contributed by atoms with Crippen LogP contribution in [0, 0.1) is 0 Å². The van der Waals surface area contributed by atoms with Gasteiger partial charge in [0.15, 0.2) is 0 Å². The molecule has 2 rings (SSSR count). The maximum Gasteiger partial charge on any atom is 0.325 e. The zero-order chi connectivity index (χ0) is 13.9. The van der Waals surface area contributed by atoms with E-state index in [9.17, 15) is 4.79 Å². The van der Waals surface area contributed by atoms with Gasteiger partial charge in [-0.15, -0.1) is 10.2 Å². The van der Waals surface area contributed by atoms with Crippen LogP contribution in [0.3, 0.4) is 0 Å². The van der Waals surface area contributed by atoms with E-state index in [0.717, 1.165) is 32.0 Å². The predicted molar refractivity (Wildman–Crippen MR) is 69.1 cm³/mol. The second kappa shape index (κ2) is 5.66. The Morgan fingerprint density at radius 2 is 2.37 bits per heavy atom. The fraction of sp³-hybridized carbons (Fsp3) is 0.750. The monoisotopic (exact) mass is 267 g/mol. The Morgan fingerprint density at radius 3 is 3.11 bits per heavy atom. The van der Waals surface area contributed by atoms with E-state index >= 15 is 0 Å². The maximum atomic E-state index is 11.7. The SMILES string of the molecule is CCOC(=O)C(C)(N)CCN1CCn2cnnc2C1. The minimum Gasteiger partial charge on any atom is -0.465 e. The molecular formula is C12H21N5O2. The fourth-order valence-electron chi connectivity index (χ4n) is 2.10. The van der Waals surface area contributed by atoms with E-state index in [0.29, 0.717) is 13.0 Å². The Morgan fingerprint density at radius 1 is 1.58 bits per heavy atom. The first-order valence-electron chi connectivity index (χ1n) is 6.58. The molecule has 1 aliphatic heterocycles. The second-order valence-corrected chi connectivity index (χ2v) is 5.10. The lowest BCUT2D eigenvalue weighted by Crippen LogP contribution is -2.49. The van der Waals surface area contributed by atoms with Gasteiger partial charge in [0, 0.05) is 19.6 Å². The van der Waals surface area contributed by atoms with Crippen LogP contribution in [0.1, 0.15) is 26.1 Å². The van der Waals surface area contributed by atoms with Crippen molar-refractivity contribution in [3.63, 3.8) is 0 Å². The lowest BCUT2D eigenvalue weighted by atomic mass is 9.99. The number of hydrogen-bond donors (Lipinski definition) is 1. The molecule has 0 saturated heterocycles. The molecule has 1 atom stereocenters. The molecular weight excluding hydrogens is 246 g/mol. The first-order valence-corrected chi connectivity index (χ1v) is 6.58. The van der Waals surface area contributed by atoms with Crippen LogP contribution < -0.4 is 5.73 Å². The summed E-state index contributed by atoms with van der Waals surface area (Å²) in [6.45, 7) is 7.16. The minimum atomic E-state index is -0.929. The summed E-state index contributed by atoms with van der Waals surface area (Å²) in [6.07, 6.45) is 2.32. The van der Waals surface area contributed by atoms with Crippen molar-refractivity contribution >= 4 is 5.97 Å². The van der Waals surface area contributed by atoms with Gasteiger partial charge < -0.3 is 15.0 Å². The van der Waals surface area contributed by atoms with Gasteiger partial charge in [0.1, 0.15) is 17.7 Å². The van der Waals surface area contributed by atoms with Gasteiger partial charge in [-0.25, -0.2) is 0 Å². The van der Waals surface area contributed by atoms with Crippen LogP contribution >= 0.6 is 0 Å². The van der Waals surface area contributed by atoms with Crippen molar-refractivity contribution in [3.05, 3.63) is 12.2 Å². The number of nitrogens with zero attached hydrogens (tertiary/aromatic N) is 4. The third-order valence-electron chi connectivity index (χ3n) is 3.41. The van der Waals surface area contributed by atoms with Crippen molar-refractivity contribution in [2.45, 2.75) is 38.9 Å². The van der Waals surface area contributed by atoms with Gasteiger partial charge in [0.25, 0.3) is 0 Å². The van der Waals surface area contributed by atoms with Gasteiger partial charge in [0.05, 0.1) is 13.2 Å². The average Bonchev–Trinajstić information content (AvgIpc) is 2.84. The van der Waals surface area contributed by atoms with Gasteiger partial charge in [0.2, 0.25) is 0 Å². The fourth-order valence-corrected chi connectivity index (χ4v) is 2.10. The number of carbonyl (C=O) groups excluding carboxylic acids is 1. The Balaban J connectivity index is 1.85. The van der Waals surface area contributed by atoms with E-state index in [1.165, 1.54) is 0 Å². The van der Waals surface area contributed by atoms with Crippen molar-refractivity contribution in [1.29, 1.82) is 0 Å². The molecule has 0 saturated carbocycles. The zero-order valence-electron chi connectivity index (χ0n) is 11.5. The number of hydrogen-bond acceptors (Lipinski definition) is 6. The lowest BCUT2D eigenvalue weighted by molar-refractivity contribution is -0.149. The Labute approximate surface area is 112 Å². The molecule has 106 valence electrons. The number of ether oxygens (including phenoxy) is 1. The van der Waals surface area contributed by atoms with Crippen LogP contribution in [0.4, 0.5) is 0 Å². The van der Waals surface area contributed by atoms with Crippen LogP contribution in [-0.4, -0.2) is 50.9 Å². The molecule has 2 heterocycles. The molecule has 0 amide bonds. The number of fused-ring (bicyclic) bond motifs is 1. The van der Waals surface area contributed by atoms with Gasteiger partial charge in [-0.05, 0) is 20.3 Å². The van der Waals surface area contributed by atoms with Crippen molar-refractivity contribution in [1.82, 2.24) is 19.7 Å². The minimum absolute atomic E-state index is 0.338. The number of esters is 1. The molecule has 1 aromatic heterocycles. The van der Waals surface area contributed by atoms with Crippen LogP contribution in [0.25, 0.3) is 0 Å². The van der Waals surface area contributed by atoms with E-state index in [1.807, 2.05) is 4.57 Å². The summed E-state index contributed by atoms with van der Waals surface area (Å²) < 4.78 is 7.03. The van der Waals surface area contributed by atoms with Crippen molar-refractivity contribution in [2.75, 3.05) is 19.7 Å². The highest BCUT2D eigenvalue weighted by Gasteiger charge is 2.30. The van der Waals surface area contributed by atoms with E-state index in [2.05, 4.69) is 15.1 Å². The average molecular weight is 267 g/mol. The number of aromatic nitrogens is 3. The molecule has 7 heteroatoms. The van der Waals surface area contributed by atoms with Crippen LogP contribution in [0.2, 0.25) is 0 Å². The molecule has 0 spiro atoms. The summed E-state index contributed by atoms with van der Waals surface area (Å²) in [5.74, 6) is 0.622. The molecule has 7 nitrogen and oxygen atoms in total. The summed E-state index contributed by atoms with van der Waals surface area (Å²) in [5, 5.41) is 7.95. The van der Waals surface area contributed by atoms with E-state index in [4.69, 9.17) is 10.5 Å². The quantitative estimate of drug-likeness (QED) is 0.741. The molecule has 19 heavy (non-hydrogen) atoms. The topological polar surface area (TPSA) is 86.3 Å². The predicted octanol–water partition coefficient (Wildman–Crippen LogP) is -0.236. The Bertz CT molecular complexity index is 443. The summed E-state index contributed by atoms with van der Waals surface area (Å²) >= 11 is 0. The molecule has 1 aromatic rings. The van der Waals surface area contributed by atoms with E-state index in [-0.39, 0.29) is 5.97 Å². The summed E-state index contributed by atoms with van der Waals surface area (Å²) in [6, 6.07) is 0. The molecule has 0 fully saturated rings. The van der Waals surface area contributed by atoms with Crippen LogP contribution in [0.5, 0.6) is 0 Å². The normalized spacial score (nSPS) is 18.7. The van der Waals surface area contributed by atoms with Crippen LogP contribution in [-0.2, 0) is 22.6 Å². The largest absolute Gasteiger partial charge is 0.465 e. The number of rotatable bonds is 5. The maximum absolute atomic E-state index is 11.7. The highest BCUT2D eigenvalue weighted by molar-refractivity contribution is 5.79. The second-order valence-electron chi connectivity index (χ2n) is 5.10. The first-order chi connectivity index (χ1) is 9.03. The van der Waals surface area contributed by atoms with Gasteiger partial charge in [-0.1, -0.05) is 0 Å². The molecule has 1 unspecified atom stereocenters. The summed E-state index contributed by atoms with van der Waals surface area (Å²) in [7, 11) is 0. The van der Waals surface area contributed by atoms with Crippen molar-refractivity contribution < 1.29 is 9.53 Å². The smallest absolute Gasteiger partial charge is 0.325 e. The van der Waals surface area contributed by atoms with Gasteiger partial charge in [-0.3, -0.25) is 9.69 Å². The molecule has 2 N–H and O–H groups in total. The Kier molecular flexibility index (Phi) is 4.16. The first kappa shape index (κ1) is 14.0. The van der Waals surface area contributed by atoms with E-state index < -0.39 is 5.54 Å². The van der Waals surface area contributed by atoms with Crippen molar-refractivity contribution in [2.24, 2.45) is 5.73 Å². The standard InChI is InChI=1S/C12H21N5O2/c1-3-19-11(18)12(2,13)4-5-16-6-7-17-9-14-15-10(17)8-16/h9H,3-8,13H2,1-2H3. The highest BCUT2D eigenvalue weighted by atomic mass is 16.5. The van der Waals surface area contributed by atoms with Crippen molar-refractivity contribution in [3.8, 4) is 0 Å². The molecule has 0 radical (unpaired) electrons. The third-order valence-corrected chi connectivity index (χ3v) is 3.41. The third kappa shape index (κ3) is 3.30. The lowest BCUT2D eigenvalue weighted by Gasteiger charge is -2.30. The van der Waals surface area contributed by atoms with Gasteiger partial charge in [-0.2, -0.15) is 0 Å². The Hall–Kier alpha value is -1.47. The summed E-state index contributed by atoms with van der Waals surface area (Å²) in [4.78, 5) is 13.9. The summed E-state index contributed by atoms with van der Waals surface area (Å²) in [5.41, 5.74) is 5.07. The molecule has 1 aliphatic rings. The highest BCUT2D eigenvalue weighted by Crippen LogP contribution is 2.14. The molecule has 0 aliphatic carbocycles. The molecule has 0 bridgehead atoms. The zero-order valence-corrected chi connectivity index (χ0v) is 11.5. The van der Waals surface area contributed by atoms with Crippen LogP contribution in [0.15, 0.2) is 6.33 Å². The van der Waals surface area contributed by atoms with Gasteiger partial charge >= 0.3 is 5.97 Å². The number of carbonyl (C=O) groups is 1. The van der Waals surface area contributed by atoms with E-state index in [1.54, 1.807) is 20.2 Å². The number of nitrogens with two attached hydrogens (primary N) is 1.